The second kappa shape index (κ2) is 5.53. The van der Waals surface area contributed by atoms with Crippen LogP contribution >= 0.6 is 0 Å². The minimum atomic E-state index is -0.811. The molecule has 94 valence electrons. The Morgan fingerprint density at radius 3 is 2.72 bits per heavy atom. The van der Waals surface area contributed by atoms with E-state index in [1.54, 1.807) is 24.3 Å². The van der Waals surface area contributed by atoms with Gasteiger partial charge in [-0.25, -0.2) is 0 Å². The molecule has 6 nitrogen and oxygen atoms in total. The summed E-state index contributed by atoms with van der Waals surface area (Å²) >= 11 is 0. The van der Waals surface area contributed by atoms with E-state index in [1.165, 1.54) is 0 Å². The zero-order chi connectivity index (χ0) is 13.0. The first-order valence-corrected chi connectivity index (χ1v) is 5.80. The fraction of sp³-hybridized carbons (Fsp3) is 0.417. The van der Waals surface area contributed by atoms with Crippen LogP contribution < -0.4 is 5.32 Å². The van der Waals surface area contributed by atoms with E-state index in [1.807, 2.05) is 0 Å². The Kier molecular flexibility index (Phi) is 3.82. The molecule has 2 rings (SSSR count). The number of hydrogen-bond acceptors (Lipinski definition) is 3. The van der Waals surface area contributed by atoms with Crippen molar-refractivity contribution in [1.29, 1.82) is 0 Å². The number of hydrogen-bond donors (Lipinski definition) is 2. The number of benzene rings is 1. The van der Waals surface area contributed by atoms with Crippen molar-refractivity contribution in [3.05, 3.63) is 40.3 Å². The minimum Gasteiger partial charge on any atom is -0.388 e. The number of nitrogens with zero attached hydrogens (tertiary/aromatic N) is 3. The Balaban J connectivity index is 1.95. The molecular formula is C12H14N4O2. The number of rotatable bonds is 5. The zero-order valence-corrected chi connectivity index (χ0v) is 9.78. The van der Waals surface area contributed by atoms with Gasteiger partial charge in [0.25, 0.3) is 0 Å². The van der Waals surface area contributed by atoms with Gasteiger partial charge in [-0.3, -0.25) is 4.79 Å². The Morgan fingerprint density at radius 1 is 1.50 bits per heavy atom. The largest absolute Gasteiger partial charge is 0.388 e. The van der Waals surface area contributed by atoms with Crippen LogP contribution in [-0.4, -0.2) is 17.6 Å². The molecule has 1 fully saturated rings. The number of azide groups is 1. The number of carbonyl (C=O) groups excluding carboxylic acids is 1. The van der Waals surface area contributed by atoms with Gasteiger partial charge < -0.3 is 10.4 Å². The molecule has 0 bridgehead atoms. The van der Waals surface area contributed by atoms with Gasteiger partial charge in [-0.15, -0.1) is 0 Å². The van der Waals surface area contributed by atoms with Crippen molar-refractivity contribution in [3.63, 3.8) is 0 Å². The molecule has 18 heavy (non-hydrogen) atoms. The van der Waals surface area contributed by atoms with Gasteiger partial charge in [0.2, 0.25) is 5.91 Å². The van der Waals surface area contributed by atoms with E-state index >= 15 is 0 Å². The molecule has 1 aromatic rings. The fourth-order valence-electron chi connectivity index (χ4n) is 1.60. The highest BCUT2D eigenvalue weighted by molar-refractivity contribution is 5.93. The standard InChI is InChI=1S/C12H14N4O2/c13-16-14-7-11(17)8-3-5-10(6-4-8)15-12(18)9-1-2-9/h3-6,9,11,17H,1-2,7H2,(H,15,18). The summed E-state index contributed by atoms with van der Waals surface area (Å²) < 4.78 is 0. The molecule has 0 spiro atoms. The first-order chi connectivity index (χ1) is 8.70. The molecule has 1 aromatic carbocycles. The van der Waals surface area contributed by atoms with E-state index in [9.17, 15) is 9.90 Å². The summed E-state index contributed by atoms with van der Waals surface area (Å²) in [4.78, 5) is 14.1. The molecule has 1 atom stereocenters. The lowest BCUT2D eigenvalue weighted by molar-refractivity contribution is -0.117. The van der Waals surface area contributed by atoms with Gasteiger partial charge in [0.05, 0.1) is 12.6 Å². The van der Waals surface area contributed by atoms with Gasteiger partial charge in [-0.1, -0.05) is 17.2 Å². The van der Waals surface area contributed by atoms with Gasteiger partial charge in [-0.05, 0) is 36.1 Å². The second-order valence-electron chi connectivity index (χ2n) is 4.31. The molecule has 0 heterocycles. The molecule has 0 radical (unpaired) electrons. The molecule has 1 aliphatic carbocycles. The van der Waals surface area contributed by atoms with Gasteiger partial charge in [-0.2, -0.15) is 0 Å². The monoisotopic (exact) mass is 246 g/mol. The number of amides is 1. The van der Waals surface area contributed by atoms with E-state index < -0.39 is 6.10 Å². The van der Waals surface area contributed by atoms with Crippen molar-refractivity contribution < 1.29 is 9.90 Å². The number of aliphatic hydroxyl groups excluding tert-OH is 1. The highest BCUT2D eigenvalue weighted by Gasteiger charge is 2.29. The molecule has 1 saturated carbocycles. The topological polar surface area (TPSA) is 98.1 Å². The van der Waals surface area contributed by atoms with Crippen LogP contribution in [0.15, 0.2) is 29.4 Å². The van der Waals surface area contributed by atoms with E-state index in [0.29, 0.717) is 11.3 Å². The maximum Gasteiger partial charge on any atom is 0.227 e. The number of aliphatic hydroxyl groups is 1. The molecule has 0 saturated heterocycles. The van der Waals surface area contributed by atoms with E-state index in [0.717, 1.165) is 12.8 Å². The third-order valence-electron chi connectivity index (χ3n) is 2.83. The Hall–Kier alpha value is -2.04. The molecule has 6 heteroatoms. The maximum atomic E-state index is 11.5. The predicted octanol–water partition coefficient (Wildman–Crippen LogP) is 2.38. The van der Waals surface area contributed by atoms with Gasteiger partial charge in [0.1, 0.15) is 0 Å². The summed E-state index contributed by atoms with van der Waals surface area (Å²) in [7, 11) is 0. The Bertz CT molecular complexity index is 475. The highest BCUT2D eigenvalue weighted by atomic mass is 16.3. The first kappa shape index (κ1) is 12.4. The summed E-state index contributed by atoms with van der Waals surface area (Å²) in [6.45, 7) is 0.00425. The van der Waals surface area contributed by atoms with E-state index in [-0.39, 0.29) is 18.4 Å². The molecule has 2 N–H and O–H groups in total. The second-order valence-corrected chi connectivity index (χ2v) is 4.31. The fourth-order valence-corrected chi connectivity index (χ4v) is 1.60. The van der Waals surface area contributed by atoms with E-state index in [4.69, 9.17) is 5.53 Å². The van der Waals surface area contributed by atoms with Crippen molar-refractivity contribution in [2.45, 2.75) is 18.9 Å². The normalized spacial score (nSPS) is 15.6. The van der Waals surface area contributed by atoms with Crippen LogP contribution in [0.2, 0.25) is 0 Å². The average Bonchev–Trinajstić information content (AvgIpc) is 3.21. The summed E-state index contributed by atoms with van der Waals surface area (Å²) in [5.74, 6) is 0.220. The van der Waals surface area contributed by atoms with Gasteiger partial charge >= 0.3 is 0 Å². The van der Waals surface area contributed by atoms with Crippen LogP contribution in [0.3, 0.4) is 0 Å². The smallest absolute Gasteiger partial charge is 0.227 e. The third-order valence-corrected chi connectivity index (χ3v) is 2.83. The van der Waals surface area contributed by atoms with Crippen molar-refractivity contribution >= 4 is 11.6 Å². The summed E-state index contributed by atoms with van der Waals surface area (Å²) in [6, 6.07) is 6.88. The van der Waals surface area contributed by atoms with E-state index in [2.05, 4.69) is 15.3 Å². The molecule has 0 aromatic heterocycles. The van der Waals surface area contributed by atoms with Gasteiger partial charge in [0.15, 0.2) is 0 Å². The third kappa shape index (κ3) is 3.23. The van der Waals surface area contributed by atoms with Crippen molar-refractivity contribution in [1.82, 2.24) is 0 Å². The van der Waals surface area contributed by atoms with Crippen LogP contribution in [0, 0.1) is 5.92 Å². The van der Waals surface area contributed by atoms with Crippen LogP contribution in [0.4, 0.5) is 5.69 Å². The molecule has 1 unspecified atom stereocenters. The summed E-state index contributed by atoms with van der Waals surface area (Å²) in [5.41, 5.74) is 9.54. The number of anilines is 1. The quantitative estimate of drug-likeness (QED) is 0.473. The molecule has 1 amide bonds. The van der Waals surface area contributed by atoms with Gasteiger partial charge in [0, 0.05) is 16.5 Å². The van der Waals surface area contributed by atoms with Crippen LogP contribution in [0.1, 0.15) is 24.5 Å². The average molecular weight is 246 g/mol. The number of nitrogens with one attached hydrogen (secondary N) is 1. The predicted molar refractivity (Wildman–Crippen MR) is 66.8 cm³/mol. The molecule has 1 aliphatic rings. The first-order valence-electron chi connectivity index (χ1n) is 5.80. The SMILES string of the molecule is [N-]=[N+]=NCC(O)c1ccc(NC(=O)C2CC2)cc1. The Labute approximate surface area is 104 Å². The lowest BCUT2D eigenvalue weighted by Crippen LogP contribution is -2.13. The van der Waals surface area contributed by atoms with Crippen molar-refractivity contribution in [3.8, 4) is 0 Å². The minimum absolute atomic E-state index is 0.00425. The van der Waals surface area contributed by atoms with Crippen LogP contribution in [0.5, 0.6) is 0 Å². The van der Waals surface area contributed by atoms with Crippen molar-refractivity contribution in [2.75, 3.05) is 11.9 Å². The summed E-state index contributed by atoms with van der Waals surface area (Å²) in [6.07, 6.45) is 1.12. The Morgan fingerprint density at radius 2 is 2.17 bits per heavy atom. The summed E-state index contributed by atoms with van der Waals surface area (Å²) in [5, 5.41) is 15.8. The van der Waals surface area contributed by atoms with Crippen molar-refractivity contribution in [2.24, 2.45) is 11.0 Å². The number of carbonyl (C=O) groups is 1. The molecular weight excluding hydrogens is 232 g/mol. The maximum absolute atomic E-state index is 11.5. The van der Waals surface area contributed by atoms with Crippen LogP contribution in [0.25, 0.3) is 10.4 Å². The van der Waals surface area contributed by atoms with Crippen LogP contribution in [-0.2, 0) is 4.79 Å². The lowest BCUT2D eigenvalue weighted by atomic mass is 10.1. The zero-order valence-electron chi connectivity index (χ0n) is 9.78. The lowest BCUT2D eigenvalue weighted by Gasteiger charge is -2.09. The highest BCUT2D eigenvalue weighted by Crippen LogP contribution is 2.30. The molecule has 0 aliphatic heterocycles.